The van der Waals surface area contributed by atoms with Gasteiger partial charge in [-0.15, -0.1) is 0 Å². The first-order valence-electron chi connectivity index (χ1n) is 8.10. The van der Waals surface area contributed by atoms with Crippen molar-refractivity contribution in [2.45, 2.75) is 18.3 Å². The Morgan fingerprint density at radius 2 is 1.84 bits per heavy atom. The average molecular weight is 344 g/mol. The molecule has 1 saturated carbocycles. The normalized spacial score (nSPS) is 14.5. The van der Waals surface area contributed by atoms with Crippen molar-refractivity contribution in [3.8, 4) is 11.5 Å². The molecule has 1 aliphatic carbocycles. The summed E-state index contributed by atoms with van der Waals surface area (Å²) >= 11 is 0. The number of carbonyl (C=O) groups is 1. The number of nitrogens with one attached hydrogen (secondary N) is 2. The van der Waals surface area contributed by atoms with Gasteiger partial charge in [0.05, 0.1) is 19.9 Å². The number of benzene rings is 2. The van der Waals surface area contributed by atoms with Crippen LogP contribution < -0.4 is 20.1 Å². The van der Waals surface area contributed by atoms with Gasteiger partial charge in [-0.3, -0.25) is 0 Å². The lowest BCUT2D eigenvalue weighted by Crippen LogP contribution is -2.35. The molecule has 0 unspecified atom stereocenters. The molecule has 0 aromatic heterocycles. The van der Waals surface area contributed by atoms with Crippen LogP contribution in [-0.2, 0) is 5.41 Å². The van der Waals surface area contributed by atoms with Crippen molar-refractivity contribution in [1.82, 2.24) is 5.32 Å². The molecule has 25 heavy (non-hydrogen) atoms. The molecular weight excluding hydrogens is 323 g/mol. The summed E-state index contributed by atoms with van der Waals surface area (Å²) in [6, 6.07) is 11.4. The summed E-state index contributed by atoms with van der Waals surface area (Å²) in [5.74, 6) is 0.764. The highest BCUT2D eigenvalue weighted by Crippen LogP contribution is 2.47. The molecule has 2 N–H and O–H groups in total. The molecule has 0 radical (unpaired) electrons. The average Bonchev–Trinajstić information content (AvgIpc) is 3.41. The van der Waals surface area contributed by atoms with E-state index in [-0.39, 0.29) is 17.3 Å². The predicted molar refractivity (Wildman–Crippen MR) is 93.9 cm³/mol. The van der Waals surface area contributed by atoms with Crippen LogP contribution in [-0.4, -0.2) is 26.8 Å². The second kappa shape index (κ2) is 7.01. The van der Waals surface area contributed by atoms with Crippen LogP contribution in [0.15, 0.2) is 42.5 Å². The van der Waals surface area contributed by atoms with E-state index in [1.807, 2.05) is 0 Å². The highest BCUT2D eigenvalue weighted by atomic mass is 19.1. The number of halogens is 1. The van der Waals surface area contributed by atoms with Gasteiger partial charge in [0.2, 0.25) is 0 Å². The van der Waals surface area contributed by atoms with E-state index in [1.54, 1.807) is 37.4 Å². The number of methoxy groups -OCH3 is 2. The van der Waals surface area contributed by atoms with E-state index in [0.29, 0.717) is 23.7 Å². The second-order valence-corrected chi connectivity index (χ2v) is 6.14. The lowest BCUT2D eigenvalue weighted by atomic mass is 9.96. The van der Waals surface area contributed by atoms with Crippen molar-refractivity contribution in [3.05, 3.63) is 53.8 Å². The van der Waals surface area contributed by atoms with Gasteiger partial charge in [0, 0.05) is 12.0 Å². The maximum absolute atomic E-state index is 13.1. The first kappa shape index (κ1) is 17.1. The largest absolute Gasteiger partial charge is 0.493 e. The Balaban J connectivity index is 1.63. The molecule has 0 heterocycles. The van der Waals surface area contributed by atoms with Gasteiger partial charge in [-0.1, -0.05) is 18.2 Å². The zero-order chi connectivity index (χ0) is 17.9. The van der Waals surface area contributed by atoms with Gasteiger partial charge in [0.25, 0.3) is 0 Å². The van der Waals surface area contributed by atoms with E-state index in [0.717, 1.165) is 18.4 Å². The number of rotatable bonds is 6. The van der Waals surface area contributed by atoms with Crippen LogP contribution in [0.3, 0.4) is 0 Å². The molecular formula is C19H21FN2O3. The third kappa shape index (κ3) is 3.68. The summed E-state index contributed by atoms with van der Waals surface area (Å²) in [7, 11) is 3.07. The zero-order valence-corrected chi connectivity index (χ0v) is 14.3. The molecule has 2 aromatic rings. The summed E-state index contributed by atoms with van der Waals surface area (Å²) in [6.45, 7) is 0.497. The van der Waals surface area contributed by atoms with Gasteiger partial charge in [0.1, 0.15) is 5.82 Å². The molecule has 1 fully saturated rings. The van der Waals surface area contributed by atoms with Gasteiger partial charge in [0.15, 0.2) is 11.5 Å². The van der Waals surface area contributed by atoms with Gasteiger partial charge in [-0.25, -0.2) is 9.18 Å². The van der Waals surface area contributed by atoms with E-state index in [1.165, 1.54) is 19.2 Å². The fourth-order valence-corrected chi connectivity index (χ4v) is 2.92. The van der Waals surface area contributed by atoms with E-state index in [4.69, 9.17) is 9.47 Å². The van der Waals surface area contributed by atoms with Crippen molar-refractivity contribution in [3.63, 3.8) is 0 Å². The van der Waals surface area contributed by atoms with Gasteiger partial charge >= 0.3 is 6.03 Å². The summed E-state index contributed by atoms with van der Waals surface area (Å²) < 4.78 is 23.6. The Morgan fingerprint density at radius 1 is 1.12 bits per heavy atom. The highest BCUT2D eigenvalue weighted by molar-refractivity contribution is 5.91. The lowest BCUT2D eigenvalue weighted by Gasteiger charge is -2.18. The third-order valence-corrected chi connectivity index (χ3v) is 4.55. The lowest BCUT2D eigenvalue weighted by molar-refractivity contribution is 0.251. The Hall–Kier alpha value is -2.76. The van der Waals surface area contributed by atoms with Crippen LogP contribution in [0.2, 0.25) is 0 Å². The van der Waals surface area contributed by atoms with Crippen molar-refractivity contribution < 1.29 is 18.7 Å². The fourth-order valence-electron chi connectivity index (χ4n) is 2.92. The minimum atomic E-state index is -0.320. The number of urea groups is 1. The molecule has 5 nitrogen and oxygen atoms in total. The Morgan fingerprint density at radius 3 is 2.44 bits per heavy atom. The number of anilines is 1. The van der Waals surface area contributed by atoms with Crippen molar-refractivity contribution in [1.29, 1.82) is 0 Å². The van der Waals surface area contributed by atoms with Crippen LogP contribution in [0, 0.1) is 5.82 Å². The van der Waals surface area contributed by atoms with E-state index >= 15 is 0 Å². The minimum Gasteiger partial charge on any atom is -0.493 e. The molecule has 2 amide bonds. The SMILES string of the molecule is COc1cccc(NC(=O)NCC2(c3ccc(F)cc3)CC2)c1OC. The summed E-state index contributed by atoms with van der Waals surface area (Å²) in [5, 5.41) is 5.68. The van der Waals surface area contributed by atoms with Crippen LogP contribution in [0.25, 0.3) is 0 Å². The van der Waals surface area contributed by atoms with Crippen LogP contribution in [0.1, 0.15) is 18.4 Å². The van der Waals surface area contributed by atoms with E-state index in [9.17, 15) is 9.18 Å². The van der Waals surface area contributed by atoms with Gasteiger partial charge < -0.3 is 20.1 Å². The molecule has 0 atom stereocenters. The number of para-hydroxylation sites is 1. The Kier molecular flexibility index (Phi) is 4.79. The number of ether oxygens (including phenoxy) is 2. The quantitative estimate of drug-likeness (QED) is 0.840. The number of carbonyl (C=O) groups excluding carboxylic acids is 1. The molecule has 3 rings (SSSR count). The van der Waals surface area contributed by atoms with Gasteiger partial charge in [-0.05, 0) is 42.7 Å². The minimum absolute atomic E-state index is 0.0937. The van der Waals surface area contributed by atoms with Crippen molar-refractivity contribution in [2.24, 2.45) is 0 Å². The Labute approximate surface area is 146 Å². The molecule has 6 heteroatoms. The number of hydrogen-bond donors (Lipinski definition) is 2. The molecule has 2 aromatic carbocycles. The molecule has 132 valence electrons. The molecule has 1 aliphatic rings. The molecule has 0 aliphatic heterocycles. The predicted octanol–water partition coefficient (Wildman–Crippen LogP) is 3.70. The first-order chi connectivity index (χ1) is 12.1. The van der Waals surface area contributed by atoms with Crippen LogP contribution >= 0.6 is 0 Å². The molecule has 0 spiro atoms. The Bertz CT molecular complexity index is 758. The maximum atomic E-state index is 13.1. The summed E-state index contributed by atoms with van der Waals surface area (Å²) in [6.07, 6.45) is 1.95. The number of amides is 2. The topological polar surface area (TPSA) is 59.6 Å². The molecule has 0 saturated heterocycles. The smallest absolute Gasteiger partial charge is 0.319 e. The van der Waals surface area contributed by atoms with E-state index in [2.05, 4.69) is 10.6 Å². The summed E-state index contributed by atoms with van der Waals surface area (Å²) in [5.41, 5.74) is 1.49. The standard InChI is InChI=1S/C19H21FN2O3/c1-24-16-5-3-4-15(17(16)25-2)22-18(23)21-12-19(10-11-19)13-6-8-14(20)9-7-13/h3-9H,10-12H2,1-2H3,(H2,21,22,23). The second-order valence-electron chi connectivity index (χ2n) is 6.14. The van der Waals surface area contributed by atoms with Gasteiger partial charge in [-0.2, -0.15) is 0 Å². The molecule has 0 bridgehead atoms. The highest BCUT2D eigenvalue weighted by Gasteiger charge is 2.44. The van der Waals surface area contributed by atoms with Crippen molar-refractivity contribution >= 4 is 11.7 Å². The van der Waals surface area contributed by atoms with E-state index < -0.39 is 0 Å². The first-order valence-corrected chi connectivity index (χ1v) is 8.10. The van der Waals surface area contributed by atoms with Crippen LogP contribution in [0.4, 0.5) is 14.9 Å². The fraction of sp³-hybridized carbons (Fsp3) is 0.316. The zero-order valence-electron chi connectivity index (χ0n) is 14.3. The summed E-state index contributed by atoms with van der Waals surface area (Å²) in [4.78, 5) is 12.3. The van der Waals surface area contributed by atoms with Crippen LogP contribution in [0.5, 0.6) is 11.5 Å². The third-order valence-electron chi connectivity index (χ3n) is 4.55. The van der Waals surface area contributed by atoms with Crippen molar-refractivity contribution in [2.75, 3.05) is 26.1 Å². The number of hydrogen-bond acceptors (Lipinski definition) is 3. The maximum Gasteiger partial charge on any atom is 0.319 e. The monoisotopic (exact) mass is 344 g/mol.